The molecule has 2 heterocycles. The van der Waals surface area contributed by atoms with E-state index in [4.69, 9.17) is 4.74 Å². The first kappa shape index (κ1) is 24.5. The Morgan fingerprint density at radius 3 is 2.34 bits per heavy atom. The lowest BCUT2D eigenvalue weighted by molar-refractivity contribution is -0.143. The predicted molar refractivity (Wildman–Crippen MR) is 141 cm³/mol. The molecule has 1 saturated heterocycles. The van der Waals surface area contributed by atoms with Crippen molar-refractivity contribution in [1.29, 1.82) is 0 Å². The third kappa shape index (κ3) is 5.20. The number of rotatable bonds is 7. The number of carbonyl (C=O) groups excluding carboxylic acids is 1. The molecule has 3 aliphatic rings. The topological polar surface area (TPSA) is 32.8 Å². The summed E-state index contributed by atoms with van der Waals surface area (Å²) < 4.78 is 5.95. The van der Waals surface area contributed by atoms with Crippen molar-refractivity contribution in [2.45, 2.75) is 77.0 Å². The zero-order valence-corrected chi connectivity index (χ0v) is 21.6. The molecule has 0 unspecified atom stereocenters. The van der Waals surface area contributed by atoms with Crippen molar-refractivity contribution in [2.75, 3.05) is 26.2 Å². The van der Waals surface area contributed by atoms with Crippen LogP contribution in [0.2, 0.25) is 0 Å². The minimum absolute atomic E-state index is 0.322. The zero-order chi connectivity index (χ0) is 24.3. The number of nitrogens with zero attached hydrogens (tertiary/aromatic N) is 2. The van der Waals surface area contributed by atoms with Crippen molar-refractivity contribution in [3.63, 3.8) is 0 Å². The SMILES string of the molecule is CC(C)[C@H]1CC[C@@H](N2CCC3(CC2)C(=O)N(CCOCc2ccccc2)Cc2ccccc23)CC1. The summed E-state index contributed by atoms with van der Waals surface area (Å²) in [6, 6.07) is 19.7. The molecule has 188 valence electrons. The van der Waals surface area contributed by atoms with Gasteiger partial charge >= 0.3 is 0 Å². The summed E-state index contributed by atoms with van der Waals surface area (Å²) in [5.74, 6) is 2.02. The van der Waals surface area contributed by atoms with Crippen LogP contribution in [0.5, 0.6) is 0 Å². The molecule has 0 bridgehead atoms. The van der Waals surface area contributed by atoms with E-state index in [1.54, 1.807) is 0 Å². The van der Waals surface area contributed by atoms with Crippen molar-refractivity contribution in [1.82, 2.24) is 9.80 Å². The Balaban J connectivity index is 1.23. The molecule has 1 aliphatic carbocycles. The molecule has 2 aromatic carbocycles. The molecule has 0 aromatic heterocycles. The van der Waals surface area contributed by atoms with E-state index in [-0.39, 0.29) is 5.41 Å². The number of fused-ring (bicyclic) bond motifs is 2. The van der Waals surface area contributed by atoms with Crippen LogP contribution in [-0.2, 0) is 28.1 Å². The number of benzene rings is 2. The Labute approximate surface area is 211 Å². The van der Waals surface area contributed by atoms with Crippen LogP contribution in [0, 0.1) is 11.8 Å². The Morgan fingerprint density at radius 2 is 1.63 bits per heavy atom. The van der Waals surface area contributed by atoms with Gasteiger partial charge in [0.15, 0.2) is 0 Å². The van der Waals surface area contributed by atoms with Gasteiger partial charge in [0.2, 0.25) is 5.91 Å². The summed E-state index contributed by atoms with van der Waals surface area (Å²) in [6.45, 7) is 9.35. The van der Waals surface area contributed by atoms with Gasteiger partial charge in [0.25, 0.3) is 0 Å². The lowest BCUT2D eigenvalue weighted by Crippen LogP contribution is -2.57. The zero-order valence-electron chi connectivity index (χ0n) is 21.6. The van der Waals surface area contributed by atoms with Gasteiger partial charge < -0.3 is 14.5 Å². The summed E-state index contributed by atoms with van der Waals surface area (Å²) >= 11 is 0. The van der Waals surface area contributed by atoms with E-state index in [0.29, 0.717) is 38.3 Å². The highest BCUT2D eigenvalue weighted by Gasteiger charge is 2.49. The Morgan fingerprint density at radius 1 is 0.943 bits per heavy atom. The lowest BCUT2D eigenvalue weighted by atomic mass is 9.67. The maximum Gasteiger partial charge on any atom is 0.233 e. The molecule has 0 radical (unpaired) electrons. The van der Waals surface area contributed by atoms with Crippen LogP contribution in [0.4, 0.5) is 0 Å². The largest absolute Gasteiger partial charge is 0.375 e. The smallest absolute Gasteiger partial charge is 0.233 e. The van der Waals surface area contributed by atoms with Gasteiger partial charge in [0.1, 0.15) is 0 Å². The maximum absolute atomic E-state index is 14.0. The number of ether oxygens (including phenoxy) is 1. The molecule has 2 fully saturated rings. The standard InChI is InChI=1S/C31H42N2O2/c1-24(2)26-12-14-28(15-13-26)32-18-16-31(17-19-32)29-11-7-6-10-27(29)22-33(30(31)34)20-21-35-23-25-8-4-3-5-9-25/h3-11,24,26,28H,12-23H2,1-2H3/t26-,28+. The van der Waals surface area contributed by atoms with Gasteiger partial charge in [-0.1, -0.05) is 68.4 Å². The van der Waals surface area contributed by atoms with E-state index in [0.717, 1.165) is 37.8 Å². The quantitative estimate of drug-likeness (QED) is 0.476. The third-order valence-electron chi connectivity index (χ3n) is 9.06. The van der Waals surface area contributed by atoms with Gasteiger partial charge in [-0.05, 0) is 80.1 Å². The summed E-state index contributed by atoms with van der Waals surface area (Å²) in [4.78, 5) is 18.8. The van der Waals surface area contributed by atoms with Crippen LogP contribution in [0.15, 0.2) is 54.6 Å². The number of likely N-dealkylation sites (tertiary alicyclic amines) is 1. The second-order valence-electron chi connectivity index (χ2n) is 11.4. The average Bonchev–Trinajstić information content (AvgIpc) is 2.90. The summed E-state index contributed by atoms with van der Waals surface area (Å²) in [5.41, 5.74) is 3.42. The van der Waals surface area contributed by atoms with Gasteiger partial charge in [-0.2, -0.15) is 0 Å². The van der Waals surface area contributed by atoms with Gasteiger partial charge in [-0.25, -0.2) is 0 Å². The third-order valence-corrected chi connectivity index (χ3v) is 9.06. The Bertz CT molecular complexity index is 972. The minimum Gasteiger partial charge on any atom is -0.375 e. The molecular weight excluding hydrogens is 432 g/mol. The van der Waals surface area contributed by atoms with Crippen molar-refractivity contribution in [3.05, 3.63) is 71.3 Å². The highest BCUT2D eigenvalue weighted by Crippen LogP contribution is 2.44. The normalized spacial score (nSPS) is 24.7. The highest BCUT2D eigenvalue weighted by atomic mass is 16.5. The fourth-order valence-corrected chi connectivity index (χ4v) is 6.83. The maximum atomic E-state index is 14.0. The number of piperidine rings is 1. The van der Waals surface area contributed by atoms with Crippen molar-refractivity contribution in [3.8, 4) is 0 Å². The molecule has 4 nitrogen and oxygen atoms in total. The Hall–Kier alpha value is -2.17. The van der Waals surface area contributed by atoms with E-state index in [1.165, 1.54) is 42.4 Å². The van der Waals surface area contributed by atoms with Crippen molar-refractivity contribution >= 4 is 5.91 Å². The Kier molecular flexibility index (Phi) is 7.59. The van der Waals surface area contributed by atoms with Crippen LogP contribution in [0.25, 0.3) is 0 Å². The van der Waals surface area contributed by atoms with Crippen LogP contribution in [-0.4, -0.2) is 48.0 Å². The molecule has 0 N–H and O–H groups in total. The summed E-state index contributed by atoms with van der Waals surface area (Å²) in [6.07, 6.45) is 7.25. The second kappa shape index (κ2) is 10.8. The fraction of sp³-hybridized carbons (Fsp3) is 0.581. The van der Waals surface area contributed by atoms with Crippen molar-refractivity contribution < 1.29 is 9.53 Å². The summed E-state index contributed by atoms with van der Waals surface area (Å²) in [7, 11) is 0. The molecule has 0 atom stereocenters. The molecular formula is C31H42N2O2. The van der Waals surface area contributed by atoms with Crippen molar-refractivity contribution in [2.24, 2.45) is 11.8 Å². The second-order valence-corrected chi connectivity index (χ2v) is 11.4. The van der Waals surface area contributed by atoms with Crippen LogP contribution >= 0.6 is 0 Å². The molecule has 4 heteroatoms. The molecule has 5 rings (SSSR count). The first-order valence-electron chi connectivity index (χ1n) is 13.8. The van der Waals surface area contributed by atoms with E-state index in [1.807, 2.05) is 18.2 Å². The summed E-state index contributed by atoms with van der Waals surface area (Å²) in [5, 5.41) is 0. The van der Waals surface area contributed by atoms with Gasteiger partial charge in [0, 0.05) is 19.1 Å². The number of amides is 1. The first-order chi connectivity index (χ1) is 17.1. The molecule has 35 heavy (non-hydrogen) atoms. The average molecular weight is 475 g/mol. The lowest BCUT2D eigenvalue weighted by Gasteiger charge is -2.49. The van der Waals surface area contributed by atoms with Gasteiger partial charge in [-0.3, -0.25) is 4.79 Å². The van der Waals surface area contributed by atoms with Gasteiger partial charge in [-0.15, -0.1) is 0 Å². The molecule has 1 saturated carbocycles. The van der Waals surface area contributed by atoms with E-state index in [9.17, 15) is 4.79 Å². The predicted octanol–water partition coefficient (Wildman–Crippen LogP) is 5.79. The monoisotopic (exact) mass is 474 g/mol. The van der Waals surface area contributed by atoms with E-state index >= 15 is 0 Å². The number of hydrogen-bond donors (Lipinski definition) is 0. The van der Waals surface area contributed by atoms with Crippen LogP contribution < -0.4 is 0 Å². The first-order valence-corrected chi connectivity index (χ1v) is 13.8. The fourth-order valence-electron chi connectivity index (χ4n) is 6.83. The molecule has 1 amide bonds. The molecule has 1 spiro atoms. The number of hydrogen-bond acceptors (Lipinski definition) is 3. The van der Waals surface area contributed by atoms with E-state index < -0.39 is 0 Å². The van der Waals surface area contributed by atoms with Gasteiger partial charge in [0.05, 0.1) is 18.6 Å². The molecule has 2 aromatic rings. The number of carbonyl (C=O) groups is 1. The molecule has 2 aliphatic heterocycles. The van der Waals surface area contributed by atoms with Crippen LogP contribution in [0.3, 0.4) is 0 Å². The van der Waals surface area contributed by atoms with Crippen LogP contribution in [0.1, 0.15) is 69.1 Å². The minimum atomic E-state index is -0.361. The van der Waals surface area contributed by atoms with E-state index in [2.05, 4.69) is 60.0 Å². The highest BCUT2D eigenvalue weighted by molar-refractivity contribution is 5.90.